The molecule has 5 heteroatoms. The monoisotopic (exact) mass is 365 g/mol. The molecule has 0 aliphatic heterocycles. The number of likely N-dealkylation sites (N-methyl/N-ethyl adjacent to an activating group) is 1. The molecule has 3 aromatic rings. The van der Waals surface area contributed by atoms with Crippen molar-refractivity contribution in [1.29, 1.82) is 0 Å². The summed E-state index contributed by atoms with van der Waals surface area (Å²) >= 11 is 0. The molecule has 0 fully saturated rings. The number of amides is 1. The smallest absolute Gasteiger partial charge is 0.234 e. The van der Waals surface area contributed by atoms with Crippen molar-refractivity contribution >= 4 is 16.8 Å². The lowest BCUT2D eigenvalue weighted by atomic mass is 10.1. The summed E-state index contributed by atoms with van der Waals surface area (Å²) < 4.78 is 5.42. The molecule has 0 saturated heterocycles. The molecule has 1 heterocycles. The molecule has 142 valence electrons. The minimum Gasteiger partial charge on any atom is -0.496 e. The second kappa shape index (κ2) is 8.73. The van der Waals surface area contributed by atoms with Gasteiger partial charge < -0.3 is 15.0 Å². The van der Waals surface area contributed by atoms with E-state index < -0.39 is 0 Å². The molecule has 0 saturated carbocycles. The van der Waals surface area contributed by atoms with Crippen LogP contribution in [0.4, 0.5) is 0 Å². The van der Waals surface area contributed by atoms with Gasteiger partial charge in [0.2, 0.25) is 5.91 Å². The van der Waals surface area contributed by atoms with Crippen LogP contribution in [0.5, 0.6) is 5.75 Å². The van der Waals surface area contributed by atoms with Crippen LogP contribution in [0.1, 0.15) is 16.7 Å². The van der Waals surface area contributed by atoms with Crippen molar-refractivity contribution in [3.8, 4) is 5.75 Å². The molecule has 0 bridgehead atoms. The van der Waals surface area contributed by atoms with Crippen LogP contribution in [0.15, 0.2) is 48.7 Å². The lowest BCUT2D eigenvalue weighted by Gasteiger charge is -2.18. The Morgan fingerprint density at radius 3 is 2.81 bits per heavy atom. The lowest BCUT2D eigenvalue weighted by Crippen LogP contribution is -2.35. The van der Waals surface area contributed by atoms with Gasteiger partial charge in [-0.25, -0.2) is 0 Å². The second-order valence-electron chi connectivity index (χ2n) is 6.95. The molecule has 0 aliphatic carbocycles. The second-order valence-corrected chi connectivity index (χ2v) is 6.95. The number of ether oxygens (including phenoxy) is 1. The SMILES string of the molecule is COc1ccc(C)cc1CN(C)CC(=O)NCCc1c[nH]c2ccccc12. The topological polar surface area (TPSA) is 57.4 Å². The zero-order valence-corrected chi connectivity index (χ0v) is 16.2. The summed E-state index contributed by atoms with van der Waals surface area (Å²) in [4.78, 5) is 17.5. The molecule has 0 spiro atoms. The fraction of sp³-hybridized carbons (Fsp3) is 0.318. The molecule has 27 heavy (non-hydrogen) atoms. The summed E-state index contributed by atoms with van der Waals surface area (Å²) in [5, 5.41) is 4.23. The minimum absolute atomic E-state index is 0.0314. The maximum absolute atomic E-state index is 12.3. The van der Waals surface area contributed by atoms with Gasteiger partial charge in [0.1, 0.15) is 5.75 Å². The Bertz CT molecular complexity index is 917. The summed E-state index contributed by atoms with van der Waals surface area (Å²) in [5.74, 6) is 0.885. The average molecular weight is 365 g/mol. The van der Waals surface area contributed by atoms with Crippen LogP contribution in [-0.4, -0.2) is 43.0 Å². The normalized spacial score (nSPS) is 11.1. The molecule has 3 rings (SSSR count). The summed E-state index contributed by atoms with van der Waals surface area (Å²) in [7, 11) is 3.62. The van der Waals surface area contributed by atoms with Gasteiger partial charge >= 0.3 is 0 Å². The number of rotatable bonds is 8. The minimum atomic E-state index is 0.0314. The Morgan fingerprint density at radius 1 is 1.19 bits per heavy atom. The van der Waals surface area contributed by atoms with E-state index in [2.05, 4.69) is 35.4 Å². The van der Waals surface area contributed by atoms with Gasteiger partial charge in [0, 0.05) is 35.8 Å². The van der Waals surface area contributed by atoms with Crippen LogP contribution in [0.2, 0.25) is 0 Å². The van der Waals surface area contributed by atoms with Crippen molar-refractivity contribution in [2.45, 2.75) is 19.9 Å². The van der Waals surface area contributed by atoms with Crippen molar-refractivity contribution < 1.29 is 9.53 Å². The zero-order chi connectivity index (χ0) is 19.2. The molecule has 1 aromatic heterocycles. The fourth-order valence-corrected chi connectivity index (χ4v) is 3.35. The maximum atomic E-state index is 12.3. The molecule has 0 unspecified atom stereocenters. The fourth-order valence-electron chi connectivity index (χ4n) is 3.35. The molecule has 2 N–H and O–H groups in total. The summed E-state index contributed by atoms with van der Waals surface area (Å²) in [6.45, 7) is 3.70. The molecule has 1 amide bonds. The van der Waals surface area contributed by atoms with E-state index in [4.69, 9.17) is 4.74 Å². The molecule has 0 aliphatic rings. The van der Waals surface area contributed by atoms with Gasteiger partial charge in [0.05, 0.1) is 13.7 Å². The lowest BCUT2D eigenvalue weighted by molar-refractivity contribution is -0.122. The number of methoxy groups -OCH3 is 1. The highest BCUT2D eigenvalue weighted by Gasteiger charge is 2.11. The van der Waals surface area contributed by atoms with E-state index >= 15 is 0 Å². The van der Waals surface area contributed by atoms with Crippen molar-refractivity contribution in [2.75, 3.05) is 27.2 Å². The number of nitrogens with one attached hydrogen (secondary N) is 2. The Morgan fingerprint density at radius 2 is 2.00 bits per heavy atom. The standard InChI is InChI=1S/C22H27N3O2/c1-16-8-9-21(27-3)18(12-16)14-25(2)15-22(26)23-11-10-17-13-24-20-7-5-4-6-19(17)20/h4-9,12-13,24H,10-11,14-15H2,1-3H3,(H,23,26). The van der Waals surface area contributed by atoms with Crippen molar-refractivity contribution in [3.63, 3.8) is 0 Å². The van der Waals surface area contributed by atoms with E-state index in [0.29, 0.717) is 19.6 Å². The Hall–Kier alpha value is -2.79. The summed E-state index contributed by atoms with van der Waals surface area (Å²) in [5.41, 5.74) is 4.63. The third-order valence-corrected chi connectivity index (χ3v) is 4.68. The van der Waals surface area contributed by atoms with E-state index in [0.717, 1.165) is 23.3 Å². The number of carbonyl (C=O) groups is 1. The molecular formula is C22H27N3O2. The number of aryl methyl sites for hydroxylation is 1. The predicted octanol–water partition coefficient (Wildman–Crippen LogP) is 3.28. The zero-order valence-electron chi connectivity index (χ0n) is 16.2. The summed E-state index contributed by atoms with van der Waals surface area (Å²) in [6.07, 6.45) is 2.83. The number of hydrogen-bond donors (Lipinski definition) is 2. The number of fused-ring (bicyclic) bond motifs is 1. The number of hydrogen-bond acceptors (Lipinski definition) is 3. The van der Waals surface area contributed by atoms with Gasteiger partial charge in [-0.1, -0.05) is 35.9 Å². The van der Waals surface area contributed by atoms with E-state index in [9.17, 15) is 4.79 Å². The Labute approximate surface area is 160 Å². The van der Waals surface area contributed by atoms with Gasteiger partial charge in [-0.2, -0.15) is 0 Å². The van der Waals surface area contributed by atoms with Gasteiger partial charge in [-0.15, -0.1) is 0 Å². The summed E-state index contributed by atoms with van der Waals surface area (Å²) in [6, 6.07) is 14.3. The predicted molar refractivity (Wildman–Crippen MR) is 109 cm³/mol. The molecule has 5 nitrogen and oxygen atoms in total. The van der Waals surface area contributed by atoms with Gasteiger partial charge in [0.25, 0.3) is 0 Å². The van der Waals surface area contributed by atoms with Crippen molar-refractivity contribution in [1.82, 2.24) is 15.2 Å². The first kappa shape index (κ1) is 19.0. The van der Waals surface area contributed by atoms with Crippen molar-refractivity contribution in [2.24, 2.45) is 0 Å². The van der Waals surface area contributed by atoms with Crippen LogP contribution < -0.4 is 10.1 Å². The third-order valence-electron chi connectivity index (χ3n) is 4.68. The van der Waals surface area contributed by atoms with Gasteiger partial charge in [-0.05, 0) is 38.1 Å². The van der Waals surface area contributed by atoms with Crippen LogP contribution in [0.3, 0.4) is 0 Å². The number of nitrogens with zero attached hydrogens (tertiary/aromatic N) is 1. The number of H-pyrrole nitrogens is 1. The third kappa shape index (κ3) is 4.89. The molecule has 0 radical (unpaired) electrons. The number of aromatic amines is 1. The molecule has 2 aromatic carbocycles. The van der Waals surface area contributed by atoms with E-state index in [1.54, 1.807) is 7.11 Å². The number of benzene rings is 2. The maximum Gasteiger partial charge on any atom is 0.234 e. The average Bonchev–Trinajstić information content (AvgIpc) is 3.05. The highest BCUT2D eigenvalue weighted by Crippen LogP contribution is 2.21. The number of aromatic nitrogens is 1. The Balaban J connectivity index is 1.48. The van der Waals surface area contributed by atoms with Crippen LogP contribution in [0, 0.1) is 6.92 Å². The van der Waals surface area contributed by atoms with E-state index in [1.165, 1.54) is 16.5 Å². The van der Waals surface area contributed by atoms with Crippen LogP contribution in [0.25, 0.3) is 10.9 Å². The molecule has 0 atom stereocenters. The number of carbonyl (C=O) groups excluding carboxylic acids is 1. The first-order chi connectivity index (χ1) is 13.1. The Kier molecular flexibility index (Phi) is 6.14. The highest BCUT2D eigenvalue weighted by molar-refractivity contribution is 5.83. The quantitative estimate of drug-likeness (QED) is 0.644. The van der Waals surface area contributed by atoms with Crippen molar-refractivity contribution in [3.05, 3.63) is 65.4 Å². The van der Waals surface area contributed by atoms with Gasteiger partial charge in [0.15, 0.2) is 0 Å². The van der Waals surface area contributed by atoms with E-state index in [1.807, 2.05) is 42.4 Å². The molecular weight excluding hydrogens is 338 g/mol. The van der Waals surface area contributed by atoms with E-state index in [-0.39, 0.29) is 5.91 Å². The largest absolute Gasteiger partial charge is 0.496 e. The first-order valence-electron chi connectivity index (χ1n) is 9.20. The van der Waals surface area contributed by atoms with Gasteiger partial charge in [-0.3, -0.25) is 9.69 Å². The first-order valence-corrected chi connectivity index (χ1v) is 9.20. The number of para-hydroxylation sites is 1. The van der Waals surface area contributed by atoms with Crippen LogP contribution >= 0.6 is 0 Å². The highest BCUT2D eigenvalue weighted by atomic mass is 16.5. The van der Waals surface area contributed by atoms with Crippen LogP contribution in [-0.2, 0) is 17.8 Å².